The van der Waals surface area contributed by atoms with Crippen LogP contribution >= 0.6 is 23.2 Å². The van der Waals surface area contributed by atoms with E-state index in [4.69, 9.17) is 28.9 Å². The lowest BCUT2D eigenvalue weighted by Crippen LogP contribution is -2.29. The molecule has 1 aliphatic rings. The summed E-state index contributed by atoms with van der Waals surface area (Å²) in [6.07, 6.45) is 2.31. The molecular weight excluding hydrogens is 449 g/mol. The molecule has 4 atom stereocenters. The zero-order chi connectivity index (χ0) is 22.6. The van der Waals surface area contributed by atoms with Gasteiger partial charge in [0.25, 0.3) is 0 Å². The number of nitrogens with zero attached hydrogens (tertiary/aromatic N) is 4. The molecule has 0 spiro atoms. The summed E-state index contributed by atoms with van der Waals surface area (Å²) in [5, 5.41) is 24.0. The number of rotatable bonds is 4. The average molecular weight is 472 g/mol. The van der Waals surface area contributed by atoms with Crippen molar-refractivity contribution >= 4 is 51.0 Å². The number of aliphatic hydroxyl groups excluding tert-OH is 2. The van der Waals surface area contributed by atoms with Gasteiger partial charge < -0.3 is 20.5 Å². The Bertz CT molecular complexity index is 1320. The van der Waals surface area contributed by atoms with Crippen LogP contribution in [0.5, 0.6) is 0 Å². The van der Waals surface area contributed by atoms with Crippen molar-refractivity contribution in [1.29, 1.82) is 0 Å². The highest BCUT2D eigenvalue weighted by molar-refractivity contribution is 6.33. The van der Waals surface area contributed by atoms with Gasteiger partial charge in [0.15, 0.2) is 0 Å². The first-order valence-electron chi connectivity index (χ1n) is 10.5. The Labute approximate surface area is 194 Å². The minimum atomic E-state index is -0.884. The Morgan fingerprint density at radius 2 is 1.91 bits per heavy atom. The fourth-order valence-corrected chi connectivity index (χ4v) is 5.16. The predicted octanol–water partition coefficient (Wildman–Crippen LogP) is 4.09. The molecule has 7 nitrogen and oxygen atoms in total. The van der Waals surface area contributed by atoms with E-state index in [-0.39, 0.29) is 17.2 Å². The Kier molecular flexibility index (Phi) is 5.45. The maximum Gasteiger partial charge on any atom is 0.224 e. The number of hydrogen-bond acceptors (Lipinski definition) is 6. The van der Waals surface area contributed by atoms with E-state index in [2.05, 4.69) is 15.0 Å². The van der Waals surface area contributed by atoms with Crippen LogP contribution in [-0.2, 0) is 6.42 Å². The van der Waals surface area contributed by atoms with Gasteiger partial charge >= 0.3 is 0 Å². The van der Waals surface area contributed by atoms with Crippen molar-refractivity contribution in [2.75, 3.05) is 5.73 Å². The van der Waals surface area contributed by atoms with E-state index >= 15 is 0 Å². The van der Waals surface area contributed by atoms with Gasteiger partial charge in [-0.1, -0.05) is 23.7 Å². The molecule has 0 amide bonds. The third-order valence-electron chi connectivity index (χ3n) is 6.53. The van der Waals surface area contributed by atoms with Crippen molar-refractivity contribution in [1.82, 2.24) is 19.5 Å². The first kappa shape index (κ1) is 21.4. The number of aryl methyl sites for hydroxylation is 2. The fraction of sp³-hybridized carbons (Fsp3) is 0.348. The molecule has 1 aliphatic carbocycles. The standard InChI is InChI=1S/C23H23Cl2N5O2/c1-11-15-6-7-30(22(15)29-23(25)27-11)18-10-14(19(31)20(18)32)5-3-12-2-4-13-9-16(24)21(26)28-17(13)8-12/h2,4,6-9,14,18-20,31-32H,3,5,10H2,1H3,(H2,26,28)/t14-,18+,19+,20-/m0/s1. The average Bonchev–Trinajstić information content (AvgIpc) is 3.29. The largest absolute Gasteiger partial charge is 0.390 e. The Balaban J connectivity index is 1.35. The molecule has 0 aliphatic heterocycles. The van der Waals surface area contributed by atoms with Crippen LogP contribution in [-0.4, -0.2) is 41.9 Å². The SMILES string of the molecule is Cc1nc(Cl)nc2c1ccn2[C@@H]1C[C@H](CCc2ccc3cc(Cl)c(N)nc3c2)[C@@H](O)[C@H]1O. The molecule has 1 aromatic carbocycles. The zero-order valence-electron chi connectivity index (χ0n) is 17.4. The van der Waals surface area contributed by atoms with E-state index in [9.17, 15) is 10.2 Å². The van der Waals surface area contributed by atoms with E-state index in [1.807, 2.05) is 48.0 Å². The molecule has 0 radical (unpaired) electrons. The number of halogens is 2. The third kappa shape index (κ3) is 3.69. The van der Waals surface area contributed by atoms with Crippen molar-refractivity contribution < 1.29 is 10.2 Å². The lowest BCUT2D eigenvalue weighted by atomic mass is 9.95. The smallest absolute Gasteiger partial charge is 0.224 e. The van der Waals surface area contributed by atoms with Gasteiger partial charge in [0.05, 0.1) is 28.4 Å². The number of nitrogen functional groups attached to an aromatic ring is 1. The van der Waals surface area contributed by atoms with Gasteiger partial charge in [0.1, 0.15) is 17.6 Å². The van der Waals surface area contributed by atoms with E-state index in [1.165, 1.54) is 0 Å². The second kappa shape index (κ2) is 8.15. The van der Waals surface area contributed by atoms with Crippen LogP contribution in [0.4, 0.5) is 5.82 Å². The Hall–Kier alpha value is -2.45. The molecule has 4 N–H and O–H groups in total. The molecule has 3 heterocycles. The maximum atomic E-state index is 10.8. The normalized spacial score (nSPS) is 23.4. The molecular formula is C23H23Cl2N5O2. The van der Waals surface area contributed by atoms with Gasteiger partial charge in [0, 0.05) is 17.0 Å². The van der Waals surface area contributed by atoms with Crippen LogP contribution in [0.15, 0.2) is 36.5 Å². The number of pyridine rings is 1. The summed E-state index contributed by atoms with van der Waals surface area (Å²) in [7, 11) is 0. The van der Waals surface area contributed by atoms with Crippen molar-refractivity contribution in [2.45, 2.75) is 44.4 Å². The summed E-state index contributed by atoms with van der Waals surface area (Å²) in [4.78, 5) is 12.9. The summed E-state index contributed by atoms with van der Waals surface area (Å²) in [6.45, 7) is 1.88. The highest BCUT2D eigenvalue weighted by atomic mass is 35.5. The van der Waals surface area contributed by atoms with Crippen molar-refractivity contribution in [3.05, 3.63) is 58.1 Å². The molecule has 3 aromatic heterocycles. The van der Waals surface area contributed by atoms with E-state index < -0.39 is 12.2 Å². The van der Waals surface area contributed by atoms with Crippen molar-refractivity contribution in [3.8, 4) is 0 Å². The number of aromatic nitrogens is 4. The Morgan fingerprint density at radius 3 is 2.72 bits per heavy atom. The molecule has 0 bridgehead atoms. The number of anilines is 1. The summed E-state index contributed by atoms with van der Waals surface area (Å²) in [5.41, 5.74) is 9.19. The van der Waals surface area contributed by atoms with E-state index in [0.29, 0.717) is 22.9 Å². The molecule has 1 fully saturated rings. The predicted molar refractivity (Wildman–Crippen MR) is 126 cm³/mol. The fourth-order valence-electron chi connectivity index (χ4n) is 4.79. The molecule has 9 heteroatoms. The lowest BCUT2D eigenvalue weighted by Gasteiger charge is -2.19. The number of aliphatic hydroxyl groups is 2. The third-order valence-corrected chi connectivity index (χ3v) is 7.00. The Morgan fingerprint density at radius 1 is 1.09 bits per heavy atom. The first-order chi connectivity index (χ1) is 15.3. The quantitative estimate of drug-likeness (QED) is 0.386. The summed E-state index contributed by atoms with van der Waals surface area (Å²) in [6, 6.07) is 9.46. The second-order valence-corrected chi connectivity index (χ2v) is 9.25. The molecule has 0 unspecified atom stereocenters. The minimum absolute atomic E-state index is 0.0511. The highest BCUT2D eigenvalue weighted by Gasteiger charge is 2.42. The van der Waals surface area contributed by atoms with Crippen LogP contribution in [0.2, 0.25) is 10.3 Å². The molecule has 5 rings (SSSR count). The topological polar surface area (TPSA) is 110 Å². The van der Waals surface area contributed by atoms with Crippen molar-refractivity contribution in [3.63, 3.8) is 0 Å². The van der Waals surface area contributed by atoms with Gasteiger partial charge in [-0.25, -0.2) is 9.97 Å². The number of hydrogen-bond donors (Lipinski definition) is 3. The van der Waals surface area contributed by atoms with Gasteiger partial charge in [-0.15, -0.1) is 0 Å². The van der Waals surface area contributed by atoms with Gasteiger partial charge in [-0.3, -0.25) is 0 Å². The highest BCUT2D eigenvalue weighted by Crippen LogP contribution is 2.39. The summed E-state index contributed by atoms with van der Waals surface area (Å²) >= 11 is 12.1. The summed E-state index contributed by atoms with van der Waals surface area (Å²) < 4.78 is 1.91. The minimum Gasteiger partial charge on any atom is -0.390 e. The van der Waals surface area contributed by atoms with Crippen LogP contribution < -0.4 is 5.73 Å². The molecule has 1 saturated carbocycles. The number of benzene rings is 1. The van der Waals surface area contributed by atoms with Gasteiger partial charge in [-0.2, -0.15) is 4.98 Å². The zero-order valence-corrected chi connectivity index (χ0v) is 18.9. The van der Waals surface area contributed by atoms with Crippen molar-refractivity contribution in [2.24, 2.45) is 5.92 Å². The monoisotopic (exact) mass is 471 g/mol. The molecule has 32 heavy (non-hydrogen) atoms. The molecule has 166 valence electrons. The molecule has 0 saturated heterocycles. The van der Waals surface area contributed by atoms with Gasteiger partial charge in [0.2, 0.25) is 5.28 Å². The van der Waals surface area contributed by atoms with Crippen LogP contribution in [0.25, 0.3) is 21.9 Å². The number of fused-ring (bicyclic) bond motifs is 2. The maximum absolute atomic E-state index is 10.8. The van der Waals surface area contributed by atoms with Crippen LogP contribution in [0.3, 0.4) is 0 Å². The second-order valence-electron chi connectivity index (χ2n) is 8.50. The lowest BCUT2D eigenvalue weighted by molar-refractivity contribution is 0.00545. The van der Waals surface area contributed by atoms with Crippen LogP contribution in [0.1, 0.15) is 30.1 Å². The number of nitrogens with two attached hydrogens (primary N) is 1. The first-order valence-corrected chi connectivity index (χ1v) is 11.3. The van der Waals surface area contributed by atoms with Gasteiger partial charge in [-0.05, 0) is 67.5 Å². The molecule has 4 aromatic rings. The van der Waals surface area contributed by atoms with Crippen LogP contribution in [0, 0.1) is 12.8 Å². The van der Waals surface area contributed by atoms with E-state index in [1.54, 1.807) is 0 Å². The summed E-state index contributed by atoms with van der Waals surface area (Å²) in [5.74, 6) is 0.261. The van der Waals surface area contributed by atoms with E-state index in [0.717, 1.165) is 40.4 Å².